The highest BCUT2D eigenvalue weighted by Crippen LogP contribution is 2.42. The van der Waals surface area contributed by atoms with Gasteiger partial charge in [0.25, 0.3) is 0 Å². The topological polar surface area (TPSA) is 110 Å². The van der Waals surface area contributed by atoms with Gasteiger partial charge in [-0.05, 0) is 55.3 Å². The number of hydrogen-bond acceptors (Lipinski definition) is 7. The van der Waals surface area contributed by atoms with Crippen LogP contribution in [0.25, 0.3) is 10.2 Å². The number of amides is 1. The molecule has 1 N–H and O–H groups in total. The Morgan fingerprint density at radius 3 is 2.26 bits per heavy atom. The molecule has 0 saturated heterocycles. The lowest BCUT2D eigenvalue weighted by molar-refractivity contribution is -0.118. The Labute approximate surface area is 189 Å². The first-order valence-corrected chi connectivity index (χ1v) is 14.0. The van der Waals surface area contributed by atoms with Crippen LogP contribution in [0, 0.1) is 0 Å². The van der Waals surface area contributed by atoms with Crippen molar-refractivity contribution in [2.45, 2.75) is 40.2 Å². The summed E-state index contributed by atoms with van der Waals surface area (Å²) in [6.45, 7) is 0. The molecular weight excluding hydrogens is 480 g/mol. The first-order valence-electron chi connectivity index (χ1n) is 9.45. The second-order valence-corrected chi connectivity index (χ2v) is 13.3. The molecule has 164 valence electrons. The summed E-state index contributed by atoms with van der Waals surface area (Å²) in [6, 6.07) is 10.3. The van der Waals surface area contributed by atoms with Crippen molar-refractivity contribution in [2.24, 2.45) is 0 Å². The Bertz CT molecular complexity index is 1370. The number of thiazole rings is 1. The maximum atomic E-state index is 13.4. The van der Waals surface area contributed by atoms with Crippen LogP contribution in [0.4, 0.5) is 5.13 Å². The van der Waals surface area contributed by atoms with Crippen molar-refractivity contribution in [3.8, 4) is 0 Å². The minimum atomic E-state index is -3.97. The molecule has 0 unspecified atom stereocenters. The number of fused-ring (bicyclic) bond motifs is 1. The summed E-state index contributed by atoms with van der Waals surface area (Å²) >= 11 is 6.99. The molecule has 1 fully saturated rings. The van der Waals surface area contributed by atoms with Crippen LogP contribution in [0.2, 0.25) is 5.02 Å². The fourth-order valence-electron chi connectivity index (χ4n) is 3.80. The zero-order chi connectivity index (χ0) is 22.4. The average molecular weight is 499 g/mol. The predicted molar refractivity (Wildman–Crippen MR) is 121 cm³/mol. The minimum Gasteiger partial charge on any atom is -0.301 e. The average Bonchev–Trinajstić information content (AvgIpc) is 3.34. The molecule has 2 aromatic carbocycles. The Kier molecular flexibility index (Phi) is 5.61. The summed E-state index contributed by atoms with van der Waals surface area (Å²) in [7, 11) is -7.35. The van der Waals surface area contributed by atoms with Gasteiger partial charge >= 0.3 is 0 Å². The summed E-state index contributed by atoms with van der Waals surface area (Å²) in [5.74, 6) is -0.623. The van der Waals surface area contributed by atoms with Crippen LogP contribution in [0.15, 0.2) is 52.3 Å². The Hall–Kier alpha value is -2.01. The summed E-state index contributed by atoms with van der Waals surface area (Å²) in [4.78, 5) is 17.8. The van der Waals surface area contributed by atoms with E-state index >= 15 is 0 Å². The Morgan fingerprint density at radius 2 is 1.65 bits per heavy atom. The second kappa shape index (κ2) is 7.84. The summed E-state index contributed by atoms with van der Waals surface area (Å²) in [6.07, 6.45) is 2.79. The maximum absolute atomic E-state index is 13.4. The number of carbonyl (C=O) groups is 1. The van der Waals surface area contributed by atoms with Crippen molar-refractivity contribution in [1.29, 1.82) is 0 Å². The van der Waals surface area contributed by atoms with Crippen LogP contribution < -0.4 is 5.32 Å². The standard InChI is InChI=1S/C20H19ClN2O5S3/c1-30(25,26)15-8-9-16-17(12-15)29-19(22-16)23-18(24)20(10-2-3-11-20)31(27,28)14-6-4-13(21)5-7-14/h4-9,12H,2-3,10-11H2,1H3,(H,22,23,24). The maximum Gasteiger partial charge on any atom is 0.248 e. The van der Waals surface area contributed by atoms with Gasteiger partial charge in [-0.15, -0.1) is 0 Å². The highest BCUT2D eigenvalue weighted by molar-refractivity contribution is 7.93. The molecule has 4 rings (SSSR count). The number of hydrogen-bond donors (Lipinski definition) is 1. The number of benzene rings is 2. The lowest BCUT2D eigenvalue weighted by Crippen LogP contribution is -2.47. The van der Waals surface area contributed by atoms with E-state index in [0.29, 0.717) is 28.1 Å². The van der Waals surface area contributed by atoms with Gasteiger partial charge in [0.1, 0.15) is 0 Å². The highest BCUT2D eigenvalue weighted by atomic mass is 35.5. The predicted octanol–water partition coefficient (Wildman–Crippen LogP) is 4.08. The molecular formula is C20H19ClN2O5S3. The van der Waals surface area contributed by atoms with Gasteiger partial charge in [0, 0.05) is 11.3 Å². The van der Waals surface area contributed by atoms with E-state index in [1.165, 1.54) is 36.4 Å². The molecule has 0 atom stereocenters. The number of anilines is 1. The number of aromatic nitrogens is 1. The first kappa shape index (κ1) is 22.2. The molecule has 1 aliphatic carbocycles. The molecule has 1 amide bonds. The van der Waals surface area contributed by atoms with Gasteiger partial charge in [-0.25, -0.2) is 21.8 Å². The van der Waals surface area contributed by atoms with Crippen LogP contribution in [0.5, 0.6) is 0 Å². The van der Waals surface area contributed by atoms with Gasteiger partial charge in [-0.2, -0.15) is 0 Å². The fraction of sp³-hybridized carbons (Fsp3) is 0.300. The van der Waals surface area contributed by atoms with Crippen molar-refractivity contribution < 1.29 is 21.6 Å². The van der Waals surface area contributed by atoms with E-state index in [0.717, 1.165) is 17.6 Å². The molecule has 1 heterocycles. The SMILES string of the molecule is CS(=O)(=O)c1ccc2nc(NC(=O)C3(S(=O)(=O)c4ccc(Cl)cc4)CCCC3)sc2c1. The number of rotatable bonds is 5. The lowest BCUT2D eigenvalue weighted by atomic mass is 10.1. The zero-order valence-corrected chi connectivity index (χ0v) is 19.7. The van der Waals surface area contributed by atoms with E-state index in [-0.39, 0.29) is 27.8 Å². The first-order chi connectivity index (χ1) is 14.5. The van der Waals surface area contributed by atoms with Gasteiger partial charge in [0.2, 0.25) is 5.91 Å². The third-order valence-corrected chi connectivity index (χ3v) is 10.3. The number of nitrogens with one attached hydrogen (secondary N) is 1. The van der Waals surface area contributed by atoms with Gasteiger partial charge in [-0.1, -0.05) is 35.8 Å². The van der Waals surface area contributed by atoms with E-state index in [1.54, 1.807) is 6.07 Å². The molecule has 0 aliphatic heterocycles. The zero-order valence-electron chi connectivity index (χ0n) is 16.5. The van der Waals surface area contributed by atoms with E-state index < -0.39 is 30.3 Å². The largest absolute Gasteiger partial charge is 0.301 e. The minimum absolute atomic E-state index is 0.0519. The van der Waals surface area contributed by atoms with Gasteiger partial charge < -0.3 is 5.32 Å². The molecule has 1 aliphatic rings. The van der Waals surface area contributed by atoms with Crippen molar-refractivity contribution in [2.75, 3.05) is 11.6 Å². The van der Waals surface area contributed by atoms with E-state index in [4.69, 9.17) is 11.6 Å². The third-order valence-electron chi connectivity index (χ3n) is 5.47. The molecule has 0 spiro atoms. The molecule has 7 nitrogen and oxygen atoms in total. The summed E-state index contributed by atoms with van der Waals surface area (Å²) in [5.41, 5.74) is 0.522. The van der Waals surface area contributed by atoms with Crippen LogP contribution >= 0.6 is 22.9 Å². The molecule has 1 saturated carbocycles. The number of halogens is 1. The molecule has 1 aromatic heterocycles. The van der Waals surface area contributed by atoms with Gasteiger partial charge in [0.15, 0.2) is 29.6 Å². The molecule has 11 heteroatoms. The van der Waals surface area contributed by atoms with Crippen LogP contribution in [-0.2, 0) is 24.5 Å². The van der Waals surface area contributed by atoms with Gasteiger partial charge in [-0.3, -0.25) is 4.79 Å². The van der Waals surface area contributed by atoms with Crippen molar-refractivity contribution in [3.05, 3.63) is 47.5 Å². The Morgan fingerprint density at radius 1 is 1.03 bits per heavy atom. The smallest absolute Gasteiger partial charge is 0.248 e. The number of sulfone groups is 2. The summed E-state index contributed by atoms with van der Waals surface area (Å²) < 4.78 is 49.4. The number of carbonyl (C=O) groups excluding carboxylic acids is 1. The van der Waals surface area contributed by atoms with E-state index in [2.05, 4.69) is 10.3 Å². The van der Waals surface area contributed by atoms with Crippen LogP contribution in [0.1, 0.15) is 25.7 Å². The second-order valence-electron chi connectivity index (χ2n) is 7.53. The monoisotopic (exact) mass is 498 g/mol. The highest BCUT2D eigenvalue weighted by Gasteiger charge is 2.53. The quantitative estimate of drug-likeness (QED) is 0.567. The van der Waals surface area contributed by atoms with Crippen molar-refractivity contribution in [1.82, 2.24) is 4.98 Å². The molecule has 31 heavy (non-hydrogen) atoms. The number of nitrogens with zero attached hydrogens (tertiary/aromatic N) is 1. The van der Waals surface area contributed by atoms with E-state index in [9.17, 15) is 21.6 Å². The van der Waals surface area contributed by atoms with Crippen molar-refractivity contribution in [3.63, 3.8) is 0 Å². The van der Waals surface area contributed by atoms with Crippen molar-refractivity contribution >= 4 is 63.9 Å². The third kappa shape index (κ3) is 3.97. The molecule has 0 radical (unpaired) electrons. The van der Waals surface area contributed by atoms with Gasteiger partial charge in [0.05, 0.1) is 20.0 Å². The lowest BCUT2D eigenvalue weighted by Gasteiger charge is -2.27. The Balaban J connectivity index is 1.69. The van der Waals surface area contributed by atoms with E-state index in [1.807, 2.05) is 0 Å². The van der Waals surface area contributed by atoms with Crippen LogP contribution in [0.3, 0.4) is 0 Å². The molecule has 0 bridgehead atoms. The van der Waals surface area contributed by atoms with Crippen LogP contribution in [-0.4, -0.2) is 38.7 Å². The molecule has 3 aromatic rings. The summed E-state index contributed by atoms with van der Waals surface area (Å²) in [5, 5.41) is 3.31. The normalized spacial score (nSPS) is 16.5. The fourth-order valence-corrected chi connectivity index (χ4v) is 7.62.